The molecule has 0 bridgehead atoms. The Morgan fingerprint density at radius 3 is 2.34 bits per heavy atom. The summed E-state index contributed by atoms with van der Waals surface area (Å²) in [4.78, 5) is 23.8. The van der Waals surface area contributed by atoms with Crippen LogP contribution in [-0.4, -0.2) is 61.5 Å². The number of urea groups is 1. The van der Waals surface area contributed by atoms with Crippen molar-refractivity contribution in [3.63, 3.8) is 0 Å². The van der Waals surface area contributed by atoms with Crippen LogP contribution in [0.25, 0.3) is 11.4 Å². The third-order valence-electron chi connectivity index (χ3n) is 7.06. The highest BCUT2D eigenvalue weighted by Crippen LogP contribution is 2.57. The Labute approximate surface area is 206 Å². The lowest BCUT2D eigenvalue weighted by Crippen LogP contribution is -2.50. The molecule has 1 aromatic carbocycles. The van der Waals surface area contributed by atoms with E-state index < -0.39 is 14.6 Å². The lowest BCUT2D eigenvalue weighted by molar-refractivity contribution is 0.0752. The summed E-state index contributed by atoms with van der Waals surface area (Å²) in [5, 5.41) is 5.25. The Morgan fingerprint density at radius 1 is 1.11 bits per heavy atom. The molecule has 2 amide bonds. The normalized spacial score (nSPS) is 23.6. The van der Waals surface area contributed by atoms with Crippen molar-refractivity contribution in [1.29, 1.82) is 0 Å². The van der Waals surface area contributed by atoms with E-state index in [0.717, 1.165) is 24.2 Å². The first-order valence-electron chi connectivity index (χ1n) is 12.4. The average molecular weight is 500 g/mol. The molecule has 2 saturated carbocycles. The van der Waals surface area contributed by atoms with Crippen LogP contribution in [0.5, 0.6) is 0 Å². The lowest BCUT2D eigenvalue weighted by atomic mass is 10.1. The van der Waals surface area contributed by atoms with Gasteiger partial charge in [-0.1, -0.05) is 0 Å². The highest BCUT2D eigenvalue weighted by molar-refractivity contribution is 7.93. The molecule has 3 aliphatic rings. The van der Waals surface area contributed by atoms with Crippen molar-refractivity contribution in [2.24, 2.45) is 0 Å². The number of nitrogens with one attached hydrogen (secondary N) is 2. The van der Waals surface area contributed by atoms with Gasteiger partial charge in [0.15, 0.2) is 15.7 Å². The van der Waals surface area contributed by atoms with Crippen LogP contribution in [0.4, 0.5) is 16.3 Å². The van der Waals surface area contributed by atoms with Crippen molar-refractivity contribution in [3.05, 3.63) is 36.0 Å². The van der Waals surface area contributed by atoms with Crippen LogP contribution in [-0.2, 0) is 19.3 Å². The summed E-state index contributed by atoms with van der Waals surface area (Å²) in [7, 11) is -3.29. The van der Waals surface area contributed by atoms with E-state index in [1.165, 1.54) is 0 Å². The lowest BCUT2D eigenvalue weighted by Gasteiger charge is -2.40. The third-order valence-corrected chi connectivity index (χ3v) is 10.1. The van der Waals surface area contributed by atoms with E-state index in [9.17, 15) is 13.2 Å². The molecule has 2 aromatic rings. The van der Waals surface area contributed by atoms with Crippen LogP contribution < -0.4 is 15.5 Å². The maximum absolute atomic E-state index is 13.4. The predicted molar refractivity (Wildman–Crippen MR) is 135 cm³/mol. The maximum Gasteiger partial charge on any atom is 0.319 e. The van der Waals surface area contributed by atoms with Gasteiger partial charge in [0.05, 0.1) is 36.2 Å². The fraction of sp³-hybridized carbons (Fsp3) is 0.560. The van der Waals surface area contributed by atoms with E-state index >= 15 is 0 Å². The summed E-state index contributed by atoms with van der Waals surface area (Å²) in [5.74, 6) is 1.22. The second-order valence-corrected chi connectivity index (χ2v) is 12.4. The average Bonchev–Trinajstić information content (AvgIpc) is 3.72. The van der Waals surface area contributed by atoms with Crippen molar-refractivity contribution in [2.75, 3.05) is 30.0 Å². The van der Waals surface area contributed by atoms with Gasteiger partial charge in [-0.2, -0.15) is 0 Å². The van der Waals surface area contributed by atoms with Crippen molar-refractivity contribution >= 4 is 27.4 Å². The topological polar surface area (TPSA) is 114 Å². The molecular formula is C25H33N5O4S. The minimum Gasteiger partial charge on any atom is -0.377 e. The van der Waals surface area contributed by atoms with E-state index in [4.69, 9.17) is 14.7 Å². The van der Waals surface area contributed by atoms with Gasteiger partial charge >= 0.3 is 6.03 Å². The number of sulfone groups is 1. The highest BCUT2D eigenvalue weighted by atomic mass is 32.2. The molecular weight excluding hydrogens is 466 g/mol. The quantitative estimate of drug-likeness (QED) is 0.600. The number of nitrogens with zero attached hydrogens (tertiary/aromatic N) is 3. The van der Waals surface area contributed by atoms with Crippen molar-refractivity contribution in [1.82, 2.24) is 15.3 Å². The zero-order valence-corrected chi connectivity index (χ0v) is 21.3. The van der Waals surface area contributed by atoms with Crippen LogP contribution in [0.1, 0.15) is 52.1 Å². The first-order chi connectivity index (χ1) is 16.7. The van der Waals surface area contributed by atoms with Crippen molar-refractivity contribution in [2.45, 2.75) is 68.5 Å². The highest BCUT2D eigenvalue weighted by Gasteiger charge is 2.61. The van der Waals surface area contributed by atoms with Crippen LogP contribution in [0.15, 0.2) is 30.3 Å². The molecule has 10 heteroatoms. The fourth-order valence-electron chi connectivity index (χ4n) is 4.92. The number of carbonyl (C=O) groups is 1. The van der Waals surface area contributed by atoms with Crippen molar-refractivity contribution < 1.29 is 17.9 Å². The number of anilines is 2. The predicted octanol–water partition coefficient (Wildman–Crippen LogP) is 3.46. The first kappa shape index (κ1) is 24.0. The molecule has 2 unspecified atom stereocenters. The zero-order chi connectivity index (χ0) is 24.8. The van der Waals surface area contributed by atoms with Gasteiger partial charge in [0.1, 0.15) is 10.6 Å². The molecule has 35 heavy (non-hydrogen) atoms. The summed E-state index contributed by atoms with van der Waals surface area (Å²) in [6.45, 7) is 7.75. The second kappa shape index (κ2) is 9.05. The fourth-order valence-corrected chi connectivity index (χ4v) is 7.38. The number of hydrogen-bond acceptors (Lipinski definition) is 7. The summed E-state index contributed by atoms with van der Waals surface area (Å²) < 4.78 is 31.6. The molecule has 1 aromatic heterocycles. The Bertz CT molecular complexity index is 1200. The molecule has 1 aliphatic heterocycles. The minimum absolute atomic E-state index is 0.105. The number of aromatic nitrogens is 2. The van der Waals surface area contributed by atoms with Crippen molar-refractivity contribution in [3.8, 4) is 11.4 Å². The van der Waals surface area contributed by atoms with Gasteiger partial charge in [0.2, 0.25) is 0 Å². The van der Waals surface area contributed by atoms with E-state index in [-0.39, 0.29) is 23.4 Å². The standard InChI is InChI=1S/C25H33N5O4S/c1-4-26-24(31)27-19-7-5-18(6-8-19)23-28-21(25(11-12-25)35(32,33)20-9-10-20)13-22(29-23)30-16(2)14-34-15-17(30)3/h5-8,13,16-17,20H,4,9-12,14-15H2,1-3H3,(H2,26,27,31). The van der Waals surface area contributed by atoms with Crippen LogP contribution in [0.3, 0.4) is 0 Å². The molecule has 0 radical (unpaired) electrons. The smallest absolute Gasteiger partial charge is 0.319 e. The molecule has 2 heterocycles. The van der Waals surface area contributed by atoms with Gasteiger partial charge in [-0.25, -0.2) is 23.2 Å². The molecule has 5 rings (SSSR count). The van der Waals surface area contributed by atoms with Gasteiger partial charge in [-0.3, -0.25) is 0 Å². The van der Waals surface area contributed by atoms with Crippen LogP contribution >= 0.6 is 0 Å². The van der Waals surface area contributed by atoms with E-state index in [0.29, 0.717) is 49.8 Å². The third kappa shape index (κ3) is 4.49. The molecule has 188 valence electrons. The van der Waals surface area contributed by atoms with Gasteiger partial charge in [-0.15, -0.1) is 0 Å². The van der Waals surface area contributed by atoms with Gasteiger partial charge in [-0.05, 0) is 70.7 Å². The summed E-state index contributed by atoms with van der Waals surface area (Å²) in [6, 6.07) is 9.14. The largest absolute Gasteiger partial charge is 0.377 e. The number of rotatable bonds is 7. The summed E-state index contributed by atoms with van der Waals surface area (Å²) >= 11 is 0. The van der Waals surface area contributed by atoms with Gasteiger partial charge in [0.25, 0.3) is 0 Å². The Morgan fingerprint density at radius 2 is 1.77 bits per heavy atom. The molecule has 9 nitrogen and oxygen atoms in total. The number of ether oxygens (including phenoxy) is 1. The Kier molecular flexibility index (Phi) is 6.21. The van der Waals surface area contributed by atoms with E-state index in [2.05, 4.69) is 29.4 Å². The minimum atomic E-state index is -3.29. The van der Waals surface area contributed by atoms with Gasteiger partial charge in [0, 0.05) is 23.9 Å². The number of carbonyl (C=O) groups excluding carboxylic acids is 1. The summed E-state index contributed by atoms with van der Waals surface area (Å²) in [5.41, 5.74) is 2.02. The molecule has 2 atom stereocenters. The second-order valence-electron chi connectivity index (χ2n) is 9.88. The zero-order valence-electron chi connectivity index (χ0n) is 20.5. The molecule has 0 spiro atoms. The van der Waals surface area contributed by atoms with E-state index in [1.54, 1.807) is 12.1 Å². The Balaban J connectivity index is 1.55. The number of morpholine rings is 1. The number of amides is 2. The molecule has 1 saturated heterocycles. The number of benzene rings is 1. The van der Waals surface area contributed by atoms with Crippen LogP contribution in [0.2, 0.25) is 0 Å². The first-order valence-corrected chi connectivity index (χ1v) is 13.9. The summed E-state index contributed by atoms with van der Waals surface area (Å²) in [6.07, 6.45) is 2.69. The number of hydrogen-bond donors (Lipinski definition) is 2. The maximum atomic E-state index is 13.4. The van der Waals surface area contributed by atoms with Gasteiger partial charge < -0.3 is 20.3 Å². The van der Waals surface area contributed by atoms with Crippen LogP contribution in [0, 0.1) is 0 Å². The molecule has 2 N–H and O–H groups in total. The monoisotopic (exact) mass is 499 g/mol. The van der Waals surface area contributed by atoms with E-state index in [1.807, 2.05) is 25.1 Å². The Hall–Kier alpha value is -2.72. The SMILES string of the molecule is CCNC(=O)Nc1ccc(-c2nc(N3C(C)COCC3C)cc(C3(S(=O)(=O)C4CC4)CC3)n2)cc1. The molecule has 3 fully saturated rings. The molecule has 2 aliphatic carbocycles.